The van der Waals surface area contributed by atoms with Gasteiger partial charge in [-0.05, 0) is 30.2 Å². The van der Waals surface area contributed by atoms with E-state index in [1.54, 1.807) is 36.0 Å². The van der Waals surface area contributed by atoms with E-state index in [1.807, 2.05) is 38.2 Å². The summed E-state index contributed by atoms with van der Waals surface area (Å²) in [5.74, 6) is 0.795. The smallest absolute Gasteiger partial charge is 0.272 e. The highest BCUT2D eigenvalue weighted by Crippen LogP contribution is 2.31. The molecule has 1 amide bonds. The fourth-order valence-corrected chi connectivity index (χ4v) is 2.99. The summed E-state index contributed by atoms with van der Waals surface area (Å²) in [4.78, 5) is 14.4. The molecule has 134 valence electrons. The minimum atomic E-state index is -0.0517. The lowest BCUT2D eigenvalue weighted by Crippen LogP contribution is -2.31. The van der Waals surface area contributed by atoms with Crippen molar-refractivity contribution in [2.75, 3.05) is 14.2 Å². The van der Waals surface area contributed by atoms with Crippen molar-refractivity contribution >= 4 is 5.91 Å². The molecule has 0 fully saturated rings. The first-order valence-corrected chi connectivity index (χ1v) is 8.51. The van der Waals surface area contributed by atoms with Gasteiger partial charge < -0.3 is 9.64 Å². The van der Waals surface area contributed by atoms with E-state index in [2.05, 4.69) is 29.4 Å². The van der Waals surface area contributed by atoms with Gasteiger partial charge in [0.2, 0.25) is 0 Å². The number of carbonyl (C=O) groups is 1. The molecule has 0 N–H and O–H groups in total. The van der Waals surface area contributed by atoms with Crippen LogP contribution in [0.2, 0.25) is 0 Å². The molecule has 0 radical (unpaired) electrons. The Labute approximate surface area is 153 Å². The Balaban J connectivity index is 1.82. The number of aryl methyl sites for hydroxylation is 1. The molecule has 0 aliphatic rings. The number of hydrogen-bond acceptors (Lipinski definition) is 3. The third-order valence-electron chi connectivity index (χ3n) is 4.75. The molecule has 2 aromatic carbocycles. The van der Waals surface area contributed by atoms with Gasteiger partial charge in [0.05, 0.1) is 13.2 Å². The van der Waals surface area contributed by atoms with Gasteiger partial charge in [-0.1, -0.05) is 42.5 Å². The summed E-state index contributed by atoms with van der Waals surface area (Å²) in [7, 11) is 5.26. The van der Waals surface area contributed by atoms with Gasteiger partial charge in [0.15, 0.2) is 0 Å². The molecule has 0 bridgehead atoms. The zero-order valence-corrected chi connectivity index (χ0v) is 15.5. The fraction of sp³-hybridized carbons (Fsp3) is 0.238. The molecule has 0 aliphatic carbocycles. The van der Waals surface area contributed by atoms with Crippen molar-refractivity contribution in [3.63, 3.8) is 0 Å². The van der Waals surface area contributed by atoms with Crippen LogP contribution in [0, 0.1) is 0 Å². The minimum absolute atomic E-state index is 0.0497. The van der Waals surface area contributed by atoms with Gasteiger partial charge in [-0.25, -0.2) is 0 Å². The molecule has 1 unspecified atom stereocenters. The Hall–Kier alpha value is -3.08. The van der Waals surface area contributed by atoms with Gasteiger partial charge in [0, 0.05) is 25.9 Å². The van der Waals surface area contributed by atoms with E-state index in [0.29, 0.717) is 5.69 Å². The van der Waals surface area contributed by atoms with Crippen molar-refractivity contribution in [3.8, 4) is 16.9 Å². The van der Waals surface area contributed by atoms with E-state index in [-0.39, 0.29) is 11.9 Å². The largest absolute Gasteiger partial charge is 0.496 e. The summed E-state index contributed by atoms with van der Waals surface area (Å²) in [6.07, 6.45) is 1.63. The zero-order chi connectivity index (χ0) is 18.7. The van der Waals surface area contributed by atoms with Crippen LogP contribution in [0.15, 0.2) is 60.8 Å². The highest BCUT2D eigenvalue weighted by Gasteiger charge is 2.21. The SMILES string of the molecule is COc1ccccc1-c1ccc(C(C)N(C)C(=O)c2ccnn2C)cc1. The summed E-state index contributed by atoms with van der Waals surface area (Å²) in [6.45, 7) is 2.02. The normalized spacial score (nSPS) is 11.8. The molecule has 0 saturated heterocycles. The van der Waals surface area contributed by atoms with Crippen LogP contribution in [-0.2, 0) is 7.05 Å². The predicted molar refractivity (Wildman–Crippen MR) is 102 cm³/mol. The van der Waals surface area contributed by atoms with Crippen LogP contribution in [0.25, 0.3) is 11.1 Å². The number of hydrogen-bond donors (Lipinski definition) is 0. The molecule has 1 aromatic heterocycles. The van der Waals surface area contributed by atoms with Crippen molar-refractivity contribution in [1.29, 1.82) is 0 Å². The first kappa shape index (κ1) is 17.7. The molecule has 5 heteroatoms. The van der Waals surface area contributed by atoms with Crippen molar-refractivity contribution in [1.82, 2.24) is 14.7 Å². The Kier molecular flexibility index (Phi) is 5.07. The Morgan fingerprint density at radius 3 is 2.42 bits per heavy atom. The number of methoxy groups -OCH3 is 1. The maximum Gasteiger partial charge on any atom is 0.272 e. The predicted octanol–water partition coefficient (Wildman–Crippen LogP) is 3.93. The monoisotopic (exact) mass is 349 g/mol. The summed E-state index contributed by atoms with van der Waals surface area (Å²) >= 11 is 0. The number of aromatic nitrogens is 2. The van der Waals surface area contributed by atoms with Crippen LogP contribution in [0.3, 0.4) is 0 Å². The summed E-state index contributed by atoms with van der Waals surface area (Å²) in [5.41, 5.74) is 3.78. The van der Waals surface area contributed by atoms with Crippen molar-refractivity contribution in [2.45, 2.75) is 13.0 Å². The van der Waals surface area contributed by atoms with Crippen LogP contribution < -0.4 is 4.74 Å². The minimum Gasteiger partial charge on any atom is -0.496 e. The van der Waals surface area contributed by atoms with Crippen LogP contribution in [-0.4, -0.2) is 34.7 Å². The second kappa shape index (κ2) is 7.44. The number of carbonyl (C=O) groups excluding carboxylic acids is 1. The third kappa shape index (κ3) is 3.33. The Morgan fingerprint density at radius 1 is 1.12 bits per heavy atom. The Morgan fingerprint density at radius 2 is 1.81 bits per heavy atom. The van der Waals surface area contributed by atoms with Gasteiger partial charge >= 0.3 is 0 Å². The standard InChI is InChI=1S/C21H23N3O2/c1-15(23(2)21(25)19-13-14-22-24(19)3)16-9-11-17(12-10-16)18-7-5-6-8-20(18)26-4/h5-15H,1-4H3. The van der Waals surface area contributed by atoms with E-state index in [1.165, 1.54) is 0 Å². The van der Waals surface area contributed by atoms with E-state index < -0.39 is 0 Å². The van der Waals surface area contributed by atoms with Crippen LogP contribution in [0.1, 0.15) is 29.0 Å². The van der Waals surface area contributed by atoms with Gasteiger partial charge in [0.25, 0.3) is 5.91 Å². The van der Waals surface area contributed by atoms with Gasteiger partial charge in [-0.15, -0.1) is 0 Å². The first-order valence-electron chi connectivity index (χ1n) is 8.51. The molecule has 1 atom stereocenters. The highest BCUT2D eigenvalue weighted by atomic mass is 16.5. The highest BCUT2D eigenvalue weighted by molar-refractivity contribution is 5.92. The number of ether oxygens (including phenoxy) is 1. The average Bonchev–Trinajstić information content (AvgIpc) is 3.12. The summed E-state index contributed by atoms with van der Waals surface area (Å²) < 4.78 is 7.03. The molecule has 0 aliphatic heterocycles. The first-order chi connectivity index (χ1) is 12.5. The zero-order valence-electron chi connectivity index (χ0n) is 15.5. The van der Waals surface area contributed by atoms with E-state index >= 15 is 0 Å². The van der Waals surface area contributed by atoms with Crippen molar-refractivity contribution < 1.29 is 9.53 Å². The van der Waals surface area contributed by atoms with Crippen molar-refractivity contribution in [2.24, 2.45) is 7.05 Å². The maximum absolute atomic E-state index is 12.7. The summed E-state index contributed by atoms with van der Waals surface area (Å²) in [6, 6.07) is 17.9. The van der Waals surface area contributed by atoms with Gasteiger partial charge in [-0.2, -0.15) is 5.10 Å². The maximum atomic E-state index is 12.7. The number of nitrogens with zero attached hydrogens (tertiary/aromatic N) is 3. The van der Waals surface area contributed by atoms with Crippen molar-refractivity contribution in [3.05, 3.63) is 72.1 Å². The molecule has 3 aromatic rings. The van der Waals surface area contributed by atoms with E-state index in [4.69, 9.17) is 4.74 Å². The lowest BCUT2D eigenvalue weighted by atomic mass is 10.00. The molecule has 0 saturated carbocycles. The van der Waals surface area contributed by atoms with Gasteiger partial charge in [0.1, 0.15) is 11.4 Å². The number of benzene rings is 2. The van der Waals surface area contributed by atoms with Crippen LogP contribution in [0.5, 0.6) is 5.75 Å². The second-order valence-electron chi connectivity index (χ2n) is 6.25. The van der Waals surface area contributed by atoms with Crippen LogP contribution in [0.4, 0.5) is 0 Å². The second-order valence-corrected chi connectivity index (χ2v) is 6.25. The molecule has 1 heterocycles. The van der Waals surface area contributed by atoms with E-state index in [9.17, 15) is 4.79 Å². The van der Waals surface area contributed by atoms with E-state index in [0.717, 1.165) is 22.4 Å². The lowest BCUT2D eigenvalue weighted by molar-refractivity contribution is 0.0731. The molecule has 0 spiro atoms. The molecular weight excluding hydrogens is 326 g/mol. The molecule has 5 nitrogen and oxygen atoms in total. The quantitative estimate of drug-likeness (QED) is 0.701. The molecular formula is C21H23N3O2. The number of rotatable bonds is 5. The molecule has 26 heavy (non-hydrogen) atoms. The topological polar surface area (TPSA) is 47.4 Å². The lowest BCUT2D eigenvalue weighted by Gasteiger charge is -2.25. The van der Waals surface area contributed by atoms with Gasteiger partial charge in [-0.3, -0.25) is 9.48 Å². The number of para-hydroxylation sites is 1. The average molecular weight is 349 g/mol. The number of amides is 1. The van der Waals surface area contributed by atoms with Crippen LogP contribution >= 0.6 is 0 Å². The fourth-order valence-electron chi connectivity index (χ4n) is 2.99. The summed E-state index contributed by atoms with van der Waals surface area (Å²) in [5, 5.41) is 4.07. The molecule has 3 rings (SSSR count). The third-order valence-corrected chi connectivity index (χ3v) is 4.75. The Bertz CT molecular complexity index is 900.